The molecule has 3 saturated carbocycles. The van der Waals surface area contributed by atoms with E-state index >= 15 is 0 Å². The van der Waals surface area contributed by atoms with Gasteiger partial charge in [0.15, 0.2) is 0 Å². The second kappa shape index (κ2) is 34.0. The molecule has 0 saturated heterocycles. The summed E-state index contributed by atoms with van der Waals surface area (Å²) in [7, 11) is 0. The molecule has 3 nitrogen and oxygen atoms in total. The number of likely N-dealkylation sites (N-methyl/N-ethyl adjacent to an activating group) is 3. The van der Waals surface area contributed by atoms with Crippen molar-refractivity contribution in [1.29, 1.82) is 0 Å². The Morgan fingerprint density at radius 1 is 0.290 bits per heavy atom. The zero-order valence-corrected chi connectivity index (χ0v) is 54.5. The molecule has 14 rings (SSSR count). The third-order valence-electron chi connectivity index (χ3n) is 22.3. The van der Waals surface area contributed by atoms with Crippen LogP contribution < -0.4 is 14.7 Å². The average molecular weight is 1250 g/mol. The Balaban J connectivity index is 0.000000216. The van der Waals surface area contributed by atoms with E-state index in [-0.39, 0.29) is 44.6 Å². The van der Waals surface area contributed by atoms with Crippen LogP contribution in [0.4, 0.5) is 17.1 Å². The van der Waals surface area contributed by atoms with Crippen molar-refractivity contribution in [3.05, 3.63) is 209 Å². The summed E-state index contributed by atoms with van der Waals surface area (Å²) in [6.07, 6.45) is 19.9. The molecular formula is C90H125N3. The first-order valence-electron chi connectivity index (χ1n) is 34.9. The molecule has 9 unspecified atom stereocenters. The Bertz CT molecular complexity index is 3560. The fourth-order valence-electron chi connectivity index (χ4n) is 17.0. The molecule has 3 aliphatic carbocycles. The second-order valence-electron chi connectivity index (χ2n) is 26.9. The van der Waals surface area contributed by atoms with Gasteiger partial charge in [0, 0.05) is 72.6 Å². The van der Waals surface area contributed by atoms with E-state index in [1.165, 1.54) is 186 Å². The van der Waals surface area contributed by atoms with Crippen LogP contribution in [0.2, 0.25) is 0 Å². The number of benzene rings is 8. The predicted octanol–water partition coefficient (Wildman–Crippen LogP) is 27.4. The second-order valence-corrected chi connectivity index (χ2v) is 26.9. The van der Waals surface area contributed by atoms with Crippen molar-refractivity contribution < 1.29 is 0 Å². The normalized spacial score (nSPS) is 20.2. The third-order valence-corrected chi connectivity index (χ3v) is 22.3. The summed E-state index contributed by atoms with van der Waals surface area (Å²) in [5, 5.41) is 0. The van der Waals surface area contributed by atoms with Gasteiger partial charge in [-0.1, -0.05) is 276 Å². The largest absolute Gasteiger partial charge is 0.368 e. The fraction of sp³-hybridized carbons (Fsp3) is 0.467. The fourth-order valence-corrected chi connectivity index (χ4v) is 17.0. The molecule has 8 aromatic rings. The summed E-state index contributed by atoms with van der Waals surface area (Å²) in [4.78, 5) is 8.03. The van der Waals surface area contributed by atoms with Gasteiger partial charge >= 0.3 is 0 Å². The lowest BCUT2D eigenvalue weighted by Gasteiger charge is -2.32. The molecule has 3 heteroatoms. The Morgan fingerprint density at radius 3 is 0.871 bits per heavy atom. The summed E-state index contributed by atoms with van der Waals surface area (Å²) in [6, 6.07) is 69.3. The molecule has 0 N–H and O–H groups in total. The number of nitrogens with zero attached hydrogens (tertiary/aromatic N) is 3. The monoisotopic (exact) mass is 1250 g/mol. The van der Waals surface area contributed by atoms with Gasteiger partial charge in [0.1, 0.15) is 0 Å². The van der Waals surface area contributed by atoms with Crippen molar-refractivity contribution in [2.75, 3.05) is 34.3 Å². The van der Waals surface area contributed by atoms with E-state index in [9.17, 15) is 0 Å². The number of hydrogen-bond donors (Lipinski definition) is 0. The van der Waals surface area contributed by atoms with Crippen LogP contribution in [-0.4, -0.2) is 37.8 Å². The average Bonchev–Trinajstić information content (AvgIpc) is 1.65. The molecule has 0 amide bonds. The Kier molecular flexibility index (Phi) is 27.5. The summed E-state index contributed by atoms with van der Waals surface area (Å²) in [6.45, 7) is 24.0. The third kappa shape index (κ3) is 15.0. The van der Waals surface area contributed by atoms with Gasteiger partial charge in [0.2, 0.25) is 0 Å². The van der Waals surface area contributed by atoms with Gasteiger partial charge in [0.05, 0.1) is 0 Å². The molecule has 6 aliphatic rings. The summed E-state index contributed by atoms with van der Waals surface area (Å²) >= 11 is 0. The lowest BCUT2D eigenvalue weighted by atomic mass is 9.79. The van der Waals surface area contributed by atoms with Crippen molar-refractivity contribution in [3.63, 3.8) is 0 Å². The Morgan fingerprint density at radius 2 is 0.548 bits per heavy atom. The minimum Gasteiger partial charge on any atom is -0.368 e. The van der Waals surface area contributed by atoms with Crippen LogP contribution in [-0.2, 0) is 0 Å². The zero-order valence-electron chi connectivity index (χ0n) is 54.5. The SMILES string of the molecule is C.C.C.C.C.C.CCC(C)c1ccc(-c2ccc(-c3cccc4c3C3CCCCC3N4CC)cc2)cc1.CCC(C)c1ccc(-c2cccc(-c3cccc4c3C3CCCCC3N4CC)c2)cc1.CCC(C)c1ccc(-c2cccc3c2C2CCCCC2N3CC)cc1. The van der Waals surface area contributed by atoms with Crippen molar-refractivity contribution in [1.82, 2.24) is 0 Å². The molecule has 9 atom stereocenters. The van der Waals surface area contributed by atoms with Gasteiger partial charge < -0.3 is 14.7 Å². The zero-order chi connectivity index (χ0) is 60.1. The number of hydrogen-bond acceptors (Lipinski definition) is 3. The maximum atomic E-state index is 2.68. The highest BCUT2D eigenvalue weighted by Crippen LogP contribution is 2.54. The highest BCUT2D eigenvalue weighted by Gasteiger charge is 2.43. The van der Waals surface area contributed by atoms with Gasteiger partial charge in [-0.15, -0.1) is 0 Å². The van der Waals surface area contributed by atoms with Crippen molar-refractivity contribution in [2.45, 2.75) is 257 Å². The van der Waals surface area contributed by atoms with Crippen LogP contribution in [0.5, 0.6) is 0 Å². The molecule has 3 aliphatic heterocycles. The first-order chi connectivity index (χ1) is 42.7. The standard InChI is InChI=1S/2C30H35N.C24H31N.6CH4/c1-4-21(3)22-16-18-23(19-17-22)24-10-8-11-25(20-24)26-13-9-15-29-30(26)27-12-6-7-14-28(27)31(29)5-2;1-4-21(3)22-13-15-23(16-14-22)24-17-19-25(20-18-24)26-10-8-12-29-30(26)27-9-6-7-11-28(27)31(29)5-2;1-4-17(3)18-13-15-19(16-14-18)20-10-8-12-23-24(20)21-9-6-7-11-22(21)25(23)5-2;;;;;;/h8-11,13,15-21,27-28H,4-7,12,14H2,1-3H3;8,10,12-21,27-28H,4-7,9,11H2,1-3H3;8,10,12-17,21-22H,4-7,9,11H2,1-3H3;6*1H4. The van der Waals surface area contributed by atoms with Crippen LogP contribution in [0.25, 0.3) is 55.6 Å². The highest BCUT2D eigenvalue weighted by atomic mass is 15.2. The van der Waals surface area contributed by atoms with Crippen LogP contribution in [0.1, 0.15) is 272 Å². The Hall–Kier alpha value is -6.84. The molecule has 0 bridgehead atoms. The smallest absolute Gasteiger partial charge is 0.0411 e. The highest BCUT2D eigenvalue weighted by molar-refractivity contribution is 5.83. The molecule has 0 radical (unpaired) electrons. The van der Waals surface area contributed by atoms with Crippen molar-refractivity contribution in [2.24, 2.45) is 0 Å². The number of fused-ring (bicyclic) bond motifs is 9. The van der Waals surface area contributed by atoms with E-state index in [2.05, 4.69) is 253 Å². The van der Waals surface area contributed by atoms with Gasteiger partial charge in [-0.2, -0.15) is 0 Å². The van der Waals surface area contributed by atoms with Gasteiger partial charge in [-0.25, -0.2) is 0 Å². The van der Waals surface area contributed by atoms with E-state index in [4.69, 9.17) is 0 Å². The van der Waals surface area contributed by atoms with E-state index in [1.807, 2.05) is 0 Å². The molecule has 0 spiro atoms. The van der Waals surface area contributed by atoms with E-state index in [1.54, 1.807) is 16.7 Å². The number of anilines is 3. The van der Waals surface area contributed by atoms with Crippen LogP contribution in [0.3, 0.4) is 0 Å². The summed E-state index contributed by atoms with van der Waals surface area (Å²) < 4.78 is 0. The molecule has 3 fully saturated rings. The lowest BCUT2D eigenvalue weighted by molar-refractivity contribution is 0.389. The molecule has 8 aromatic carbocycles. The van der Waals surface area contributed by atoms with Crippen molar-refractivity contribution >= 4 is 17.1 Å². The molecule has 3 heterocycles. The van der Waals surface area contributed by atoms with Gasteiger partial charge in [-0.05, 0) is 210 Å². The van der Waals surface area contributed by atoms with Gasteiger partial charge in [-0.3, -0.25) is 0 Å². The molecule has 0 aromatic heterocycles. The van der Waals surface area contributed by atoms with Crippen molar-refractivity contribution in [3.8, 4) is 55.6 Å². The molecule has 93 heavy (non-hydrogen) atoms. The van der Waals surface area contributed by atoms with E-state index in [0.717, 1.165) is 31.6 Å². The summed E-state index contributed by atoms with van der Waals surface area (Å²) in [5.41, 5.74) is 27.4. The lowest BCUT2D eigenvalue weighted by Crippen LogP contribution is -2.35. The first-order valence-corrected chi connectivity index (χ1v) is 34.9. The minimum atomic E-state index is 0. The van der Waals surface area contributed by atoms with E-state index in [0.29, 0.717) is 41.7 Å². The predicted molar refractivity (Wildman–Crippen MR) is 417 cm³/mol. The minimum absolute atomic E-state index is 0. The summed E-state index contributed by atoms with van der Waals surface area (Å²) in [5.74, 6) is 4.02. The Labute approximate surface area is 569 Å². The maximum absolute atomic E-state index is 2.68. The topological polar surface area (TPSA) is 9.72 Å². The number of rotatable bonds is 14. The quantitative estimate of drug-likeness (QED) is 0.107. The van der Waals surface area contributed by atoms with Crippen LogP contribution in [0, 0.1) is 0 Å². The van der Waals surface area contributed by atoms with E-state index < -0.39 is 0 Å². The van der Waals surface area contributed by atoms with Gasteiger partial charge in [0.25, 0.3) is 0 Å². The van der Waals surface area contributed by atoms with Crippen LogP contribution >= 0.6 is 0 Å². The first kappa shape index (κ1) is 75.2. The maximum Gasteiger partial charge on any atom is 0.0411 e. The molecule has 500 valence electrons. The molecular weight excluding hydrogens is 1120 g/mol. The van der Waals surface area contributed by atoms with Crippen LogP contribution in [0.15, 0.2) is 176 Å².